The van der Waals surface area contributed by atoms with Crippen molar-refractivity contribution in [2.45, 2.75) is 0 Å². The third kappa shape index (κ3) is 1.36. The summed E-state index contributed by atoms with van der Waals surface area (Å²) in [5, 5.41) is 10.8. The predicted molar refractivity (Wildman–Crippen MR) is 53.4 cm³/mol. The van der Waals surface area contributed by atoms with Gasteiger partial charge >= 0.3 is 0 Å². The molecule has 0 N–H and O–H groups in total. The molecule has 0 aliphatic heterocycles. The fraction of sp³-hybridized carbons (Fsp3) is 0.100. The zero-order valence-corrected chi connectivity index (χ0v) is 8.01. The first-order chi connectivity index (χ1) is 6.31. The van der Waals surface area contributed by atoms with Gasteiger partial charge in [-0.2, -0.15) is 5.26 Å². The van der Waals surface area contributed by atoms with Gasteiger partial charge in [0.2, 0.25) is 0 Å². The van der Waals surface area contributed by atoms with Crippen molar-refractivity contribution in [2.75, 3.05) is 0 Å². The van der Waals surface area contributed by atoms with Gasteiger partial charge in [0.25, 0.3) is 0 Å². The Bertz CT molecular complexity index is 446. The molecule has 2 heterocycles. The van der Waals surface area contributed by atoms with Crippen LogP contribution < -0.4 is 0 Å². The molecule has 0 amide bonds. The number of aryl methyl sites for hydroxylation is 1. The Kier molecular flexibility index (Phi) is 1.91. The standard InChI is InChI=1S/C10H8N2S/c1-12-7-8(5-9(12)6-11)10-3-2-4-13-10/h2-5,7H,1H3. The third-order valence-electron chi connectivity index (χ3n) is 1.93. The van der Waals surface area contributed by atoms with Crippen LogP contribution in [0.3, 0.4) is 0 Å². The molecule has 0 fully saturated rings. The maximum Gasteiger partial charge on any atom is 0.120 e. The van der Waals surface area contributed by atoms with Crippen molar-refractivity contribution in [2.24, 2.45) is 7.05 Å². The average Bonchev–Trinajstić information content (AvgIpc) is 2.71. The molecule has 0 saturated carbocycles. The molecule has 13 heavy (non-hydrogen) atoms. The minimum Gasteiger partial charge on any atom is -0.342 e. The summed E-state index contributed by atoms with van der Waals surface area (Å²) in [6.45, 7) is 0. The number of rotatable bonds is 1. The number of thiophene rings is 1. The molecule has 0 aromatic carbocycles. The number of hydrogen-bond donors (Lipinski definition) is 0. The maximum atomic E-state index is 8.76. The molecule has 2 rings (SSSR count). The van der Waals surface area contributed by atoms with Gasteiger partial charge in [-0.05, 0) is 17.5 Å². The van der Waals surface area contributed by atoms with Crippen molar-refractivity contribution in [1.82, 2.24) is 4.57 Å². The molecule has 0 bridgehead atoms. The summed E-state index contributed by atoms with van der Waals surface area (Å²) in [5.74, 6) is 0. The molecular weight excluding hydrogens is 180 g/mol. The molecular formula is C10H8N2S. The first kappa shape index (κ1) is 8.09. The molecule has 64 valence electrons. The van der Waals surface area contributed by atoms with Crippen molar-refractivity contribution in [1.29, 1.82) is 5.26 Å². The Hall–Kier alpha value is -1.53. The van der Waals surface area contributed by atoms with Crippen LogP contribution in [0, 0.1) is 11.3 Å². The molecule has 2 aromatic heterocycles. The van der Waals surface area contributed by atoms with Crippen LogP contribution >= 0.6 is 11.3 Å². The largest absolute Gasteiger partial charge is 0.342 e. The number of aromatic nitrogens is 1. The van der Waals surface area contributed by atoms with E-state index in [1.165, 1.54) is 4.88 Å². The van der Waals surface area contributed by atoms with Gasteiger partial charge in [-0.1, -0.05) is 6.07 Å². The SMILES string of the molecule is Cn1cc(-c2cccs2)cc1C#N. The quantitative estimate of drug-likeness (QED) is 0.676. The van der Waals surface area contributed by atoms with Crippen LogP contribution in [0.5, 0.6) is 0 Å². The van der Waals surface area contributed by atoms with E-state index in [9.17, 15) is 0 Å². The van der Waals surface area contributed by atoms with E-state index >= 15 is 0 Å². The highest BCUT2D eigenvalue weighted by molar-refractivity contribution is 7.13. The van der Waals surface area contributed by atoms with Crippen molar-refractivity contribution >= 4 is 11.3 Å². The van der Waals surface area contributed by atoms with Gasteiger partial charge < -0.3 is 4.57 Å². The van der Waals surface area contributed by atoms with Crippen molar-refractivity contribution in [3.63, 3.8) is 0 Å². The average molecular weight is 188 g/mol. The highest BCUT2D eigenvalue weighted by Gasteiger charge is 2.04. The van der Waals surface area contributed by atoms with E-state index < -0.39 is 0 Å². The highest BCUT2D eigenvalue weighted by Crippen LogP contribution is 2.25. The normalized spacial score (nSPS) is 9.85. The molecule has 3 heteroatoms. The van der Waals surface area contributed by atoms with Gasteiger partial charge in [-0.25, -0.2) is 0 Å². The molecule has 0 radical (unpaired) electrons. The number of nitriles is 1. The van der Waals surface area contributed by atoms with E-state index in [2.05, 4.69) is 12.1 Å². The van der Waals surface area contributed by atoms with Crippen LogP contribution in [0.25, 0.3) is 10.4 Å². The van der Waals surface area contributed by atoms with Crippen molar-refractivity contribution in [3.8, 4) is 16.5 Å². The minimum absolute atomic E-state index is 0.698. The molecule has 0 aliphatic rings. The fourth-order valence-corrected chi connectivity index (χ4v) is 1.96. The van der Waals surface area contributed by atoms with Gasteiger partial charge in [-0.15, -0.1) is 11.3 Å². The van der Waals surface area contributed by atoms with Gasteiger partial charge in [0, 0.05) is 23.7 Å². The van der Waals surface area contributed by atoms with Crippen LogP contribution in [0.1, 0.15) is 5.69 Å². The second-order valence-electron chi connectivity index (χ2n) is 2.81. The molecule has 0 spiro atoms. The van der Waals surface area contributed by atoms with E-state index in [1.807, 2.05) is 35.3 Å². The van der Waals surface area contributed by atoms with E-state index in [-0.39, 0.29) is 0 Å². The van der Waals surface area contributed by atoms with Crippen molar-refractivity contribution < 1.29 is 0 Å². The number of nitrogens with zero attached hydrogens (tertiary/aromatic N) is 2. The van der Waals surface area contributed by atoms with Crippen LogP contribution in [0.15, 0.2) is 29.8 Å². The molecule has 2 nitrogen and oxygen atoms in total. The lowest BCUT2D eigenvalue weighted by molar-refractivity contribution is 0.909. The summed E-state index contributed by atoms with van der Waals surface area (Å²) >= 11 is 1.69. The first-order valence-electron chi connectivity index (χ1n) is 3.91. The second kappa shape index (κ2) is 3.08. The van der Waals surface area contributed by atoms with E-state index in [0.29, 0.717) is 5.69 Å². The zero-order valence-electron chi connectivity index (χ0n) is 7.19. The lowest BCUT2D eigenvalue weighted by Crippen LogP contribution is -1.86. The van der Waals surface area contributed by atoms with Crippen LogP contribution in [0.2, 0.25) is 0 Å². The monoisotopic (exact) mass is 188 g/mol. The first-order valence-corrected chi connectivity index (χ1v) is 4.79. The summed E-state index contributed by atoms with van der Waals surface area (Å²) < 4.78 is 1.84. The van der Waals surface area contributed by atoms with E-state index in [1.54, 1.807) is 11.3 Å². The number of hydrogen-bond acceptors (Lipinski definition) is 2. The lowest BCUT2D eigenvalue weighted by atomic mass is 10.3. The second-order valence-corrected chi connectivity index (χ2v) is 3.76. The highest BCUT2D eigenvalue weighted by atomic mass is 32.1. The van der Waals surface area contributed by atoms with E-state index in [4.69, 9.17) is 5.26 Å². The molecule has 0 atom stereocenters. The summed E-state index contributed by atoms with van der Waals surface area (Å²) in [7, 11) is 1.88. The summed E-state index contributed by atoms with van der Waals surface area (Å²) in [6.07, 6.45) is 1.98. The smallest absolute Gasteiger partial charge is 0.120 e. The van der Waals surface area contributed by atoms with Gasteiger partial charge in [0.05, 0.1) is 0 Å². The van der Waals surface area contributed by atoms with Gasteiger partial charge in [-0.3, -0.25) is 0 Å². The fourth-order valence-electron chi connectivity index (χ4n) is 1.25. The van der Waals surface area contributed by atoms with Gasteiger partial charge in [0.1, 0.15) is 11.8 Å². The molecule has 0 unspecified atom stereocenters. The molecule has 0 saturated heterocycles. The Morgan fingerprint density at radius 1 is 1.54 bits per heavy atom. The summed E-state index contributed by atoms with van der Waals surface area (Å²) in [5.41, 5.74) is 1.82. The molecule has 0 aliphatic carbocycles. The van der Waals surface area contributed by atoms with Crippen molar-refractivity contribution in [3.05, 3.63) is 35.5 Å². The van der Waals surface area contributed by atoms with E-state index in [0.717, 1.165) is 5.56 Å². The van der Waals surface area contributed by atoms with Crippen LogP contribution in [0.4, 0.5) is 0 Å². The Morgan fingerprint density at radius 2 is 2.38 bits per heavy atom. The maximum absolute atomic E-state index is 8.76. The summed E-state index contributed by atoms with van der Waals surface area (Å²) in [6, 6.07) is 8.12. The van der Waals surface area contributed by atoms with Crippen LogP contribution in [-0.2, 0) is 7.05 Å². The zero-order chi connectivity index (χ0) is 9.26. The predicted octanol–water partition coefficient (Wildman–Crippen LogP) is 2.63. The summed E-state index contributed by atoms with van der Waals surface area (Å²) in [4.78, 5) is 1.21. The van der Waals surface area contributed by atoms with Crippen LogP contribution in [-0.4, -0.2) is 4.57 Å². The topological polar surface area (TPSA) is 28.7 Å². The third-order valence-corrected chi connectivity index (χ3v) is 2.84. The lowest BCUT2D eigenvalue weighted by Gasteiger charge is -1.88. The minimum atomic E-state index is 0.698. The Balaban J connectivity index is 2.50. The Morgan fingerprint density at radius 3 is 2.92 bits per heavy atom. The molecule has 2 aromatic rings. The Labute approximate surface area is 80.7 Å². The van der Waals surface area contributed by atoms with Gasteiger partial charge in [0.15, 0.2) is 0 Å².